The maximum absolute atomic E-state index is 12.8. The van der Waals surface area contributed by atoms with Gasteiger partial charge in [-0.15, -0.1) is 0 Å². The normalized spacial score (nSPS) is 12.4. The number of methoxy groups -OCH3 is 1. The smallest absolute Gasteiger partial charge is 0.251 e. The van der Waals surface area contributed by atoms with E-state index in [0.29, 0.717) is 36.1 Å². The van der Waals surface area contributed by atoms with Crippen molar-refractivity contribution in [3.05, 3.63) is 68.5 Å². The Morgan fingerprint density at radius 3 is 2.50 bits per heavy atom. The van der Waals surface area contributed by atoms with Crippen LogP contribution in [-0.4, -0.2) is 50.4 Å². The molecule has 0 spiro atoms. The van der Waals surface area contributed by atoms with Crippen LogP contribution < -0.4 is 15.8 Å². The van der Waals surface area contributed by atoms with Crippen molar-refractivity contribution in [3.8, 4) is 0 Å². The molecule has 0 radical (unpaired) electrons. The zero-order chi connectivity index (χ0) is 26.5. The summed E-state index contributed by atoms with van der Waals surface area (Å²) in [6.07, 6.45) is 7.45. The van der Waals surface area contributed by atoms with Crippen molar-refractivity contribution in [3.63, 3.8) is 0 Å². The van der Waals surface area contributed by atoms with E-state index in [1.54, 1.807) is 31.4 Å². The van der Waals surface area contributed by atoms with Gasteiger partial charge < -0.3 is 15.0 Å². The van der Waals surface area contributed by atoms with Crippen molar-refractivity contribution in [2.75, 3.05) is 33.9 Å². The maximum Gasteiger partial charge on any atom is 0.251 e. The van der Waals surface area contributed by atoms with Crippen LogP contribution in [0.4, 0.5) is 0 Å². The van der Waals surface area contributed by atoms with Gasteiger partial charge in [0.15, 0.2) is 5.78 Å². The summed E-state index contributed by atoms with van der Waals surface area (Å²) in [5.41, 5.74) is 2.41. The van der Waals surface area contributed by atoms with Crippen molar-refractivity contribution in [1.82, 2.24) is 10.2 Å². The highest BCUT2D eigenvalue weighted by atomic mass is 35.5. The summed E-state index contributed by atoms with van der Waals surface area (Å²) in [6.45, 7) is 10.3. The Labute approximate surface area is 221 Å². The van der Waals surface area contributed by atoms with Crippen LogP contribution in [0.2, 0.25) is 5.02 Å². The molecule has 196 valence electrons. The summed E-state index contributed by atoms with van der Waals surface area (Å²) >= 11 is 5.93. The number of amides is 1. The quantitative estimate of drug-likeness (QED) is 0.274. The van der Waals surface area contributed by atoms with Gasteiger partial charge in [-0.1, -0.05) is 44.5 Å². The Morgan fingerprint density at radius 2 is 1.86 bits per heavy atom. The summed E-state index contributed by atoms with van der Waals surface area (Å²) in [4.78, 5) is 27.5. The Balaban J connectivity index is 2.09. The third kappa shape index (κ3) is 9.11. The molecule has 5 nitrogen and oxygen atoms in total. The molecule has 6 heteroatoms. The lowest BCUT2D eigenvalue weighted by atomic mass is 9.94. The third-order valence-corrected chi connectivity index (χ3v) is 6.66. The first-order valence-corrected chi connectivity index (χ1v) is 13.3. The molecule has 1 unspecified atom stereocenters. The highest BCUT2D eigenvalue weighted by Gasteiger charge is 2.14. The van der Waals surface area contributed by atoms with E-state index in [1.165, 1.54) is 0 Å². The molecule has 0 saturated heterocycles. The molecule has 0 heterocycles. The number of benzene rings is 2. The van der Waals surface area contributed by atoms with Crippen molar-refractivity contribution in [2.24, 2.45) is 5.92 Å². The molecule has 0 saturated carbocycles. The Bertz CT molecular complexity index is 1100. The van der Waals surface area contributed by atoms with Crippen LogP contribution in [0.25, 0.3) is 12.8 Å². The van der Waals surface area contributed by atoms with E-state index in [4.69, 9.17) is 16.3 Å². The van der Waals surface area contributed by atoms with E-state index in [9.17, 15) is 9.59 Å². The van der Waals surface area contributed by atoms with Crippen LogP contribution in [0.3, 0.4) is 0 Å². The number of nitrogens with zero attached hydrogens (tertiary/aromatic N) is 1. The molecule has 36 heavy (non-hydrogen) atoms. The summed E-state index contributed by atoms with van der Waals surface area (Å²) in [5, 5.41) is 5.48. The van der Waals surface area contributed by atoms with Gasteiger partial charge in [0.1, 0.15) is 0 Å². The lowest BCUT2D eigenvalue weighted by Gasteiger charge is -2.23. The predicted octanol–water partition coefficient (Wildman–Crippen LogP) is 4.83. The second-order valence-corrected chi connectivity index (χ2v) is 9.75. The number of carbonyl (C=O) groups is 2. The fourth-order valence-corrected chi connectivity index (χ4v) is 4.70. The monoisotopic (exact) mass is 512 g/mol. The minimum absolute atomic E-state index is 0.0876. The minimum Gasteiger partial charge on any atom is -0.383 e. The molecule has 0 fully saturated rings. The van der Waals surface area contributed by atoms with Crippen LogP contribution in [0.5, 0.6) is 0 Å². The Hall–Kier alpha value is -2.63. The van der Waals surface area contributed by atoms with Gasteiger partial charge in [0, 0.05) is 61.2 Å². The SMILES string of the molecule is C=c1ccc(C(=O)NCCOC)c(CC)/c1=C/N(C)CC(CCC)CCCC(=O)c1ccc(Cl)cc1. The second kappa shape index (κ2) is 15.5. The zero-order valence-electron chi connectivity index (χ0n) is 22.2. The number of carbonyl (C=O) groups excluding carboxylic acids is 2. The standard InChI is InChI=1S/C30H41ClN2O3/c1-6-9-23(10-8-11-29(34)24-13-15-25(31)16-14-24)20-33(4)21-28-22(3)12-17-27(26(28)7-2)30(35)32-18-19-36-5/h12-17,21,23H,3,6-11,18-20H2,1-2,4-5H3,(H,32,35)/b28-21+. The highest BCUT2D eigenvalue weighted by Crippen LogP contribution is 2.18. The van der Waals surface area contributed by atoms with Gasteiger partial charge in [-0.3, -0.25) is 9.59 Å². The second-order valence-electron chi connectivity index (χ2n) is 9.31. The molecule has 0 aliphatic carbocycles. The van der Waals surface area contributed by atoms with Gasteiger partial charge in [-0.2, -0.15) is 0 Å². The van der Waals surface area contributed by atoms with Crippen LogP contribution >= 0.6 is 11.6 Å². The summed E-state index contributed by atoms with van der Waals surface area (Å²) in [7, 11) is 3.69. The van der Waals surface area contributed by atoms with Crippen molar-refractivity contribution in [2.45, 2.75) is 52.4 Å². The topological polar surface area (TPSA) is 58.6 Å². The van der Waals surface area contributed by atoms with E-state index in [0.717, 1.165) is 60.2 Å². The first kappa shape index (κ1) is 29.6. The summed E-state index contributed by atoms with van der Waals surface area (Å²) in [6, 6.07) is 10.9. The van der Waals surface area contributed by atoms with E-state index in [-0.39, 0.29) is 11.7 Å². The first-order valence-electron chi connectivity index (χ1n) is 12.9. The van der Waals surface area contributed by atoms with Crippen molar-refractivity contribution < 1.29 is 14.3 Å². The zero-order valence-corrected chi connectivity index (χ0v) is 23.0. The van der Waals surface area contributed by atoms with Crippen molar-refractivity contribution >= 4 is 36.1 Å². The molecule has 2 aromatic rings. The molecule has 0 aliphatic rings. The molecule has 2 rings (SSSR count). The number of nitrogens with one attached hydrogen (secondary N) is 1. The number of hydrogen-bond acceptors (Lipinski definition) is 4. The van der Waals surface area contributed by atoms with Gasteiger partial charge in [0.05, 0.1) is 6.61 Å². The molecule has 0 aliphatic heterocycles. The molecular weight excluding hydrogens is 472 g/mol. The van der Waals surface area contributed by atoms with E-state index in [1.807, 2.05) is 12.1 Å². The van der Waals surface area contributed by atoms with Crippen LogP contribution in [0.15, 0.2) is 36.4 Å². The Kier molecular flexibility index (Phi) is 12.7. The molecule has 2 aromatic carbocycles. The molecular formula is C30H41ClN2O3. The molecule has 1 N–H and O–H groups in total. The highest BCUT2D eigenvalue weighted by molar-refractivity contribution is 6.30. The number of ether oxygens (including phenoxy) is 1. The number of hydrogen-bond donors (Lipinski definition) is 1. The van der Waals surface area contributed by atoms with E-state index < -0.39 is 0 Å². The van der Waals surface area contributed by atoms with Gasteiger partial charge in [0.25, 0.3) is 5.91 Å². The molecule has 0 bridgehead atoms. The average Bonchev–Trinajstić information content (AvgIpc) is 2.85. The number of ketones is 1. The molecule has 1 atom stereocenters. The fraction of sp³-hybridized carbons (Fsp3) is 0.467. The van der Waals surface area contributed by atoms with Crippen LogP contribution in [-0.2, 0) is 11.2 Å². The maximum atomic E-state index is 12.8. The minimum atomic E-state index is -0.0876. The Morgan fingerprint density at radius 1 is 1.14 bits per heavy atom. The van der Waals surface area contributed by atoms with Crippen LogP contribution in [0, 0.1) is 5.92 Å². The lowest BCUT2D eigenvalue weighted by Crippen LogP contribution is -2.36. The van der Waals surface area contributed by atoms with Crippen LogP contribution in [0.1, 0.15) is 72.2 Å². The molecule has 1 amide bonds. The number of Topliss-reactive ketones (excluding diaryl/α,β-unsaturated/α-hetero) is 1. The van der Waals surface area contributed by atoms with Crippen molar-refractivity contribution in [1.29, 1.82) is 0 Å². The van der Waals surface area contributed by atoms with E-state index in [2.05, 4.69) is 43.9 Å². The summed E-state index contributed by atoms with van der Waals surface area (Å²) < 4.78 is 5.04. The first-order chi connectivity index (χ1) is 17.3. The molecule has 0 aromatic heterocycles. The summed E-state index contributed by atoms with van der Waals surface area (Å²) in [5.74, 6) is 0.556. The van der Waals surface area contributed by atoms with E-state index >= 15 is 0 Å². The third-order valence-electron chi connectivity index (χ3n) is 6.41. The number of halogens is 1. The average molecular weight is 513 g/mol. The largest absolute Gasteiger partial charge is 0.383 e. The van der Waals surface area contributed by atoms with Gasteiger partial charge >= 0.3 is 0 Å². The fourth-order valence-electron chi connectivity index (χ4n) is 4.58. The predicted molar refractivity (Wildman–Crippen MR) is 150 cm³/mol. The van der Waals surface area contributed by atoms with Gasteiger partial charge in [-0.25, -0.2) is 0 Å². The van der Waals surface area contributed by atoms with Gasteiger partial charge in [0.2, 0.25) is 0 Å². The number of rotatable bonds is 15. The lowest BCUT2D eigenvalue weighted by molar-refractivity contribution is 0.0934. The van der Waals surface area contributed by atoms with Gasteiger partial charge in [-0.05, 0) is 72.7 Å².